The Hall–Kier alpha value is -2.21. The van der Waals surface area contributed by atoms with E-state index in [1.54, 1.807) is 18.2 Å². The average Bonchev–Trinajstić information content (AvgIpc) is 3.06. The fourth-order valence-corrected chi connectivity index (χ4v) is 4.41. The molecule has 2 aromatic carbocycles. The molecule has 2 heterocycles. The minimum atomic E-state index is -0.281. The normalized spacial score (nSPS) is 19.0. The van der Waals surface area contributed by atoms with Crippen LogP contribution in [0.4, 0.5) is 4.39 Å². The van der Waals surface area contributed by atoms with Crippen molar-refractivity contribution in [3.05, 3.63) is 53.8 Å². The van der Waals surface area contributed by atoms with E-state index in [-0.39, 0.29) is 23.5 Å². The van der Waals surface area contributed by atoms with Gasteiger partial charge in [-0.05, 0) is 42.7 Å². The largest absolute Gasteiger partial charge is 0.490 e. The number of ether oxygens (including phenoxy) is 2. The van der Waals surface area contributed by atoms with Gasteiger partial charge in [0.15, 0.2) is 11.5 Å². The van der Waals surface area contributed by atoms with Gasteiger partial charge in [0.1, 0.15) is 5.82 Å². The molecule has 27 heavy (non-hydrogen) atoms. The highest BCUT2D eigenvalue weighted by Crippen LogP contribution is 2.38. The minimum Gasteiger partial charge on any atom is -0.490 e. The van der Waals surface area contributed by atoms with Crippen molar-refractivity contribution in [2.45, 2.75) is 30.2 Å². The summed E-state index contributed by atoms with van der Waals surface area (Å²) in [7, 11) is 0. The Kier molecular flexibility index (Phi) is 5.53. The Balaban J connectivity index is 1.46. The smallest absolute Gasteiger partial charge is 0.233 e. The highest BCUT2D eigenvalue weighted by Gasteiger charge is 2.30. The van der Waals surface area contributed by atoms with Gasteiger partial charge in [-0.15, -0.1) is 11.8 Å². The first-order valence-corrected chi connectivity index (χ1v) is 10.3. The molecule has 0 aliphatic carbocycles. The molecule has 4 nitrogen and oxygen atoms in total. The zero-order valence-electron chi connectivity index (χ0n) is 15.0. The van der Waals surface area contributed by atoms with Gasteiger partial charge in [-0.25, -0.2) is 4.39 Å². The van der Waals surface area contributed by atoms with E-state index in [0.717, 1.165) is 42.9 Å². The lowest BCUT2D eigenvalue weighted by Crippen LogP contribution is -2.32. The number of thioether (sulfide) groups is 1. The number of likely N-dealkylation sites (tertiary alicyclic amines) is 1. The van der Waals surface area contributed by atoms with E-state index in [4.69, 9.17) is 9.47 Å². The van der Waals surface area contributed by atoms with Crippen LogP contribution in [0, 0.1) is 5.82 Å². The molecular weight excluding hydrogens is 365 g/mol. The van der Waals surface area contributed by atoms with Crippen molar-refractivity contribution in [2.24, 2.45) is 0 Å². The quantitative estimate of drug-likeness (QED) is 0.727. The lowest BCUT2D eigenvalue weighted by atomic mass is 10.0. The third-order valence-corrected chi connectivity index (χ3v) is 5.95. The number of halogens is 1. The van der Waals surface area contributed by atoms with Gasteiger partial charge in [0, 0.05) is 17.9 Å². The van der Waals surface area contributed by atoms with Crippen LogP contribution in [0.25, 0.3) is 0 Å². The summed E-state index contributed by atoms with van der Waals surface area (Å²) in [5.41, 5.74) is 1.07. The molecule has 1 atom stereocenters. The molecule has 2 aromatic rings. The average molecular weight is 387 g/mol. The van der Waals surface area contributed by atoms with Crippen LogP contribution in [0.1, 0.15) is 30.9 Å². The number of nitrogens with zero attached hydrogens (tertiary/aromatic N) is 1. The minimum absolute atomic E-state index is 0.0378. The van der Waals surface area contributed by atoms with Gasteiger partial charge in [0.2, 0.25) is 5.91 Å². The van der Waals surface area contributed by atoms with Gasteiger partial charge >= 0.3 is 0 Å². The fraction of sp³-hybridized carbons (Fsp3) is 0.381. The van der Waals surface area contributed by atoms with Crippen LogP contribution in [0.2, 0.25) is 0 Å². The summed E-state index contributed by atoms with van der Waals surface area (Å²) in [6, 6.07) is 12.6. The number of benzene rings is 2. The molecule has 1 unspecified atom stereocenters. The van der Waals surface area contributed by atoms with E-state index in [0.29, 0.717) is 18.1 Å². The molecule has 2 aliphatic heterocycles. The predicted molar refractivity (Wildman–Crippen MR) is 103 cm³/mol. The third-order valence-electron chi connectivity index (χ3n) is 4.92. The van der Waals surface area contributed by atoms with E-state index in [2.05, 4.69) is 0 Å². The summed E-state index contributed by atoms with van der Waals surface area (Å²) in [5.74, 6) is 1.52. The Bertz CT molecular complexity index is 829. The summed E-state index contributed by atoms with van der Waals surface area (Å²) in [5, 5.41) is 0. The van der Waals surface area contributed by atoms with Crippen molar-refractivity contribution in [3.63, 3.8) is 0 Å². The number of carbonyl (C=O) groups excluding carboxylic acids is 1. The number of hydrogen-bond acceptors (Lipinski definition) is 4. The molecule has 0 N–H and O–H groups in total. The van der Waals surface area contributed by atoms with E-state index in [1.807, 2.05) is 23.1 Å². The van der Waals surface area contributed by atoms with Crippen molar-refractivity contribution in [1.29, 1.82) is 0 Å². The third kappa shape index (κ3) is 4.05. The molecule has 0 saturated carbocycles. The van der Waals surface area contributed by atoms with E-state index in [9.17, 15) is 9.18 Å². The van der Waals surface area contributed by atoms with Crippen molar-refractivity contribution >= 4 is 17.7 Å². The zero-order valence-corrected chi connectivity index (χ0v) is 15.8. The van der Waals surface area contributed by atoms with Crippen LogP contribution in [-0.4, -0.2) is 36.3 Å². The van der Waals surface area contributed by atoms with Crippen molar-refractivity contribution < 1.29 is 18.7 Å². The molecule has 4 rings (SSSR count). The molecule has 1 amide bonds. The molecule has 0 spiro atoms. The van der Waals surface area contributed by atoms with Crippen molar-refractivity contribution in [3.8, 4) is 11.5 Å². The lowest BCUT2D eigenvalue weighted by molar-refractivity contribution is -0.129. The predicted octanol–water partition coefficient (Wildman–Crippen LogP) is 4.44. The maximum atomic E-state index is 13.8. The summed E-state index contributed by atoms with van der Waals surface area (Å²) in [4.78, 5) is 15.2. The van der Waals surface area contributed by atoms with Gasteiger partial charge in [0.25, 0.3) is 0 Å². The van der Waals surface area contributed by atoms with Crippen LogP contribution >= 0.6 is 11.8 Å². The molecule has 1 fully saturated rings. The number of hydrogen-bond donors (Lipinski definition) is 0. The number of amides is 1. The van der Waals surface area contributed by atoms with Crippen molar-refractivity contribution in [1.82, 2.24) is 4.90 Å². The second-order valence-corrected chi connectivity index (χ2v) is 7.74. The number of fused-ring (bicyclic) bond motifs is 1. The molecule has 2 aliphatic rings. The summed E-state index contributed by atoms with van der Waals surface area (Å²) in [6.07, 6.45) is 2.76. The first-order valence-electron chi connectivity index (χ1n) is 9.29. The maximum absolute atomic E-state index is 13.8. The molecule has 1 saturated heterocycles. The fourth-order valence-electron chi connectivity index (χ4n) is 3.58. The SMILES string of the molecule is O=C(CSc1ccccc1F)N1CCCC1c1ccc2c(c1)OCCCO2. The summed E-state index contributed by atoms with van der Waals surface area (Å²) in [6.45, 7) is 2.03. The van der Waals surface area contributed by atoms with Crippen LogP contribution in [0.5, 0.6) is 11.5 Å². The van der Waals surface area contributed by atoms with Gasteiger partial charge < -0.3 is 14.4 Å². The first kappa shape index (κ1) is 18.2. The Morgan fingerprint density at radius 1 is 1.11 bits per heavy atom. The van der Waals surface area contributed by atoms with E-state index in [1.165, 1.54) is 17.8 Å². The lowest BCUT2D eigenvalue weighted by Gasteiger charge is -2.25. The summed E-state index contributed by atoms with van der Waals surface area (Å²) < 4.78 is 25.3. The first-order chi connectivity index (χ1) is 13.2. The zero-order chi connectivity index (χ0) is 18.6. The van der Waals surface area contributed by atoms with Gasteiger partial charge in [-0.2, -0.15) is 0 Å². The van der Waals surface area contributed by atoms with Crippen molar-refractivity contribution in [2.75, 3.05) is 25.5 Å². The molecular formula is C21H22FNO3S. The Labute approximate surface area is 162 Å². The van der Waals surface area contributed by atoms with Crippen LogP contribution in [0.15, 0.2) is 47.4 Å². The molecule has 142 valence electrons. The topological polar surface area (TPSA) is 38.8 Å². The molecule has 0 radical (unpaired) electrons. The van der Waals surface area contributed by atoms with Gasteiger partial charge in [0.05, 0.1) is 25.0 Å². The molecule has 0 bridgehead atoms. The molecule has 0 aromatic heterocycles. The second-order valence-electron chi connectivity index (χ2n) is 6.72. The van der Waals surface area contributed by atoms with Gasteiger partial charge in [-0.1, -0.05) is 18.2 Å². The van der Waals surface area contributed by atoms with Crippen LogP contribution < -0.4 is 9.47 Å². The van der Waals surface area contributed by atoms with Crippen LogP contribution in [-0.2, 0) is 4.79 Å². The monoisotopic (exact) mass is 387 g/mol. The van der Waals surface area contributed by atoms with E-state index >= 15 is 0 Å². The second kappa shape index (κ2) is 8.21. The summed E-state index contributed by atoms with van der Waals surface area (Å²) >= 11 is 1.25. The number of rotatable bonds is 4. The Morgan fingerprint density at radius 3 is 2.78 bits per heavy atom. The maximum Gasteiger partial charge on any atom is 0.233 e. The Morgan fingerprint density at radius 2 is 1.93 bits per heavy atom. The van der Waals surface area contributed by atoms with E-state index < -0.39 is 0 Å². The highest BCUT2D eigenvalue weighted by molar-refractivity contribution is 8.00. The number of carbonyl (C=O) groups is 1. The highest BCUT2D eigenvalue weighted by atomic mass is 32.2. The molecule has 6 heteroatoms. The van der Waals surface area contributed by atoms with Gasteiger partial charge in [-0.3, -0.25) is 4.79 Å². The van der Waals surface area contributed by atoms with Crippen LogP contribution in [0.3, 0.4) is 0 Å². The standard InChI is InChI=1S/C21H22FNO3S/c22-16-5-1-2-7-20(16)27-14-21(24)23-10-3-6-17(23)15-8-9-18-19(13-15)26-12-4-11-25-18/h1-2,5,7-9,13,17H,3-4,6,10-12,14H2.